The molecule has 0 spiro atoms. The molecule has 1 aliphatic heterocycles. The van der Waals surface area contributed by atoms with Gasteiger partial charge in [-0.15, -0.1) is 0 Å². The van der Waals surface area contributed by atoms with E-state index in [1.54, 1.807) is 0 Å². The Morgan fingerprint density at radius 2 is 2.28 bits per heavy atom. The predicted octanol–water partition coefficient (Wildman–Crippen LogP) is 1.78. The third kappa shape index (κ3) is 3.19. The topological polar surface area (TPSA) is 41.0 Å². The highest BCUT2D eigenvalue weighted by Crippen LogP contribution is 2.22. The van der Waals surface area contributed by atoms with E-state index in [0.717, 1.165) is 49.3 Å². The minimum atomic E-state index is 0.740. The van der Waals surface area contributed by atoms with Crippen LogP contribution in [0.25, 0.3) is 0 Å². The molecule has 18 heavy (non-hydrogen) atoms. The lowest BCUT2D eigenvalue weighted by Crippen LogP contribution is -2.39. The maximum Gasteiger partial charge on any atom is 0.132 e. The molecule has 1 aromatic heterocycles. The van der Waals surface area contributed by atoms with Gasteiger partial charge < -0.3 is 10.2 Å². The van der Waals surface area contributed by atoms with Gasteiger partial charge in [-0.1, -0.05) is 6.92 Å². The molecule has 0 radical (unpaired) electrons. The average Bonchev–Trinajstić information content (AvgIpc) is 2.39. The van der Waals surface area contributed by atoms with Crippen molar-refractivity contribution in [3.8, 4) is 0 Å². The zero-order chi connectivity index (χ0) is 13.0. The van der Waals surface area contributed by atoms with E-state index in [4.69, 9.17) is 0 Å². The van der Waals surface area contributed by atoms with Crippen molar-refractivity contribution in [3.63, 3.8) is 0 Å². The lowest BCUT2D eigenvalue weighted by atomic mass is 9.98. The summed E-state index contributed by atoms with van der Waals surface area (Å²) in [5, 5.41) is 3.28. The van der Waals surface area contributed by atoms with Crippen LogP contribution >= 0.6 is 0 Å². The highest BCUT2D eigenvalue weighted by Gasteiger charge is 2.20. The van der Waals surface area contributed by atoms with Gasteiger partial charge in [-0.05, 0) is 45.7 Å². The molecular formula is C14H24N4. The van der Waals surface area contributed by atoms with Gasteiger partial charge in [0.15, 0.2) is 0 Å². The zero-order valence-corrected chi connectivity index (χ0v) is 11.7. The summed E-state index contributed by atoms with van der Waals surface area (Å²) < 4.78 is 0. The van der Waals surface area contributed by atoms with Crippen LogP contribution in [0.15, 0.2) is 6.07 Å². The van der Waals surface area contributed by atoms with Crippen LogP contribution in [0.4, 0.5) is 5.82 Å². The molecule has 1 unspecified atom stereocenters. The molecule has 0 aromatic carbocycles. The Morgan fingerprint density at radius 3 is 3.00 bits per heavy atom. The van der Waals surface area contributed by atoms with Crippen molar-refractivity contribution in [2.45, 2.75) is 33.1 Å². The van der Waals surface area contributed by atoms with E-state index in [-0.39, 0.29) is 0 Å². The first-order chi connectivity index (χ1) is 8.72. The van der Waals surface area contributed by atoms with E-state index in [1.165, 1.54) is 12.8 Å². The number of nitrogens with one attached hydrogen (secondary N) is 1. The number of rotatable bonds is 4. The van der Waals surface area contributed by atoms with Gasteiger partial charge in [-0.2, -0.15) is 0 Å². The Kier molecular flexibility index (Phi) is 4.53. The third-order valence-electron chi connectivity index (χ3n) is 3.58. The third-order valence-corrected chi connectivity index (χ3v) is 3.58. The monoisotopic (exact) mass is 248 g/mol. The van der Waals surface area contributed by atoms with Crippen LogP contribution in [0.1, 0.15) is 31.3 Å². The average molecular weight is 248 g/mol. The summed E-state index contributed by atoms with van der Waals surface area (Å²) in [4.78, 5) is 11.5. The highest BCUT2D eigenvalue weighted by atomic mass is 15.2. The van der Waals surface area contributed by atoms with E-state index < -0.39 is 0 Å². The fraction of sp³-hybridized carbons (Fsp3) is 0.714. The zero-order valence-electron chi connectivity index (χ0n) is 11.7. The molecule has 0 amide bonds. The number of hydrogen-bond donors (Lipinski definition) is 1. The minimum absolute atomic E-state index is 0.740. The van der Waals surface area contributed by atoms with Crippen LogP contribution in [0, 0.1) is 12.8 Å². The molecule has 2 rings (SSSR count). The number of hydrogen-bond acceptors (Lipinski definition) is 4. The fourth-order valence-corrected chi connectivity index (χ4v) is 2.68. The Morgan fingerprint density at radius 1 is 1.44 bits per heavy atom. The number of aryl methyl sites for hydroxylation is 2. The Bertz CT molecular complexity index is 389. The lowest BCUT2D eigenvalue weighted by molar-refractivity contribution is 0.401. The van der Waals surface area contributed by atoms with Gasteiger partial charge in [0, 0.05) is 24.8 Å². The molecule has 2 heterocycles. The first kappa shape index (κ1) is 13.3. The summed E-state index contributed by atoms with van der Waals surface area (Å²) in [6.45, 7) is 7.46. The summed E-state index contributed by atoms with van der Waals surface area (Å²) in [7, 11) is 2.03. The van der Waals surface area contributed by atoms with Crippen LogP contribution in [0.3, 0.4) is 0 Å². The SMILES string of the molecule is CCc1cc(N2CCCC(CNC)C2)nc(C)n1. The van der Waals surface area contributed by atoms with Crippen LogP contribution in [-0.4, -0.2) is 36.6 Å². The molecule has 100 valence electrons. The summed E-state index contributed by atoms with van der Waals surface area (Å²) in [6.07, 6.45) is 3.56. The molecule has 1 saturated heterocycles. The standard InChI is InChI=1S/C14H24N4/c1-4-13-8-14(17-11(2)16-13)18-7-5-6-12(10-18)9-15-3/h8,12,15H,4-7,9-10H2,1-3H3. The normalized spacial score (nSPS) is 20.2. The molecule has 0 bridgehead atoms. The van der Waals surface area contributed by atoms with Crippen LogP contribution < -0.4 is 10.2 Å². The van der Waals surface area contributed by atoms with E-state index in [0.29, 0.717) is 0 Å². The predicted molar refractivity (Wildman–Crippen MR) is 75.0 cm³/mol. The molecule has 1 atom stereocenters. The smallest absolute Gasteiger partial charge is 0.132 e. The minimum Gasteiger partial charge on any atom is -0.356 e. The van der Waals surface area contributed by atoms with Crippen molar-refractivity contribution in [2.75, 3.05) is 31.6 Å². The van der Waals surface area contributed by atoms with Gasteiger partial charge in [0.2, 0.25) is 0 Å². The second-order valence-electron chi connectivity index (χ2n) is 5.13. The molecule has 1 aromatic rings. The number of aromatic nitrogens is 2. The first-order valence-electron chi connectivity index (χ1n) is 6.97. The van der Waals surface area contributed by atoms with Crippen molar-refractivity contribution in [1.82, 2.24) is 15.3 Å². The van der Waals surface area contributed by atoms with Gasteiger partial charge >= 0.3 is 0 Å². The van der Waals surface area contributed by atoms with Gasteiger partial charge in [0.1, 0.15) is 11.6 Å². The van der Waals surface area contributed by atoms with Crippen molar-refractivity contribution >= 4 is 5.82 Å². The van der Waals surface area contributed by atoms with Crippen LogP contribution in [0.5, 0.6) is 0 Å². The van der Waals surface area contributed by atoms with Gasteiger partial charge in [-0.3, -0.25) is 0 Å². The van der Waals surface area contributed by atoms with Gasteiger partial charge in [-0.25, -0.2) is 9.97 Å². The van der Waals surface area contributed by atoms with Gasteiger partial charge in [0.05, 0.1) is 0 Å². The summed E-state index contributed by atoms with van der Waals surface area (Å²) >= 11 is 0. The number of piperidine rings is 1. The number of nitrogens with zero attached hydrogens (tertiary/aromatic N) is 3. The second-order valence-corrected chi connectivity index (χ2v) is 5.13. The van der Waals surface area contributed by atoms with Crippen molar-refractivity contribution in [2.24, 2.45) is 5.92 Å². The van der Waals surface area contributed by atoms with Crippen LogP contribution in [0.2, 0.25) is 0 Å². The molecule has 4 heteroatoms. The Hall–Kier alpha value is -1.16. The highest BCUT2D eigenvalue weighted by molar-refractivity contribution is 5.40. The summed E-state index contributed by atoms with van der Waals surface area (Å²) in [6, 6.07) is 2.15. The molecule has 4 nitrogen and oxygen atoms in total. The van der Waals surface area contributed by atoms with Crippen molar-refractivity contribution in [1.29, 1.82) is 0 Å². The Balaban J connectivity index is 2.12. The van der Waals surface area contributed by atoms with E-state index in [2.05, 4.69) is 33.2 Å². The molecule has 1 fully saturated rings. The van der Waals surface area contributed by atoms with Gasteiger partial charge in [0.25, 0.3) is 0 Å². The van der Waals surface area contributed by atoms with E-state index in [1.807, 2.05) is 14.0 Å². The largest absolute Gasteiger partial charge is 0.356 e. The van der Waals surface area contributed by atoms with Crippen molar-refractivity contribution < 1.29 is 0 Å². The van der Waals surface area contributed by atoms with Crippen LogP contribution in [-0.2, 0) is 6.42 Å². The quantitative estimate of drug-likeness (QED) is 0.882. The van der Waals surface area contributed by atoms with Crippen molar-refractivity contribution in [3.05, 3.63) is 17.6 Å². The lowest BCUT2D eigenvalue weighted by Gasteiger charge is -2.33. The number of anilines is 1. The molecule has 0 aliphatic carbocycles. The molecule has 1 N–H and O–H groups in total. The maximum absolute atomic E-state index is 4.59. The molecule has 1 aliphatic rings. The summed E-state index contributed by atoms with van der Waals surface area (Å²) in [5.41, 5.74) is 1.15. The first-order valence-corrected chi connectivity index (χ1v) is 6.97. The van der Waals surface area contributed by atoms with E-state index >= 15 is 0 Å². The Labute approximate surface area is 110 Å². The maximum atomic E-state index is 4.59. The second kappa shape index (κ2) is 6.14. The summed E-state index contributed by atoms with van der Waals surface area (Å²) in [5.74, 6) is 2.74. The molecular weight excluding hydrogens is 224 g/mol. The molecule has 0 saturated carbocycles. The fourth-order valence-electron chi connectivity index (χ4n) is 2.68. The van der Waals surface area contributed by atoms with E-state index in [9.17, 15) is 0 Å².